The van der Waals surface area contributed by atoms with E-state index < -0.39 is 0 Å². The summed E-state index contributed by atoms with van der Waals surface area (Å²) in [5.41, 5.74) is 1.02. The fraction of sp³-hybridized carbons (Fsp3) is 0.600. The molecule has 0 aliphatic heterocycles. The zero-order valence-corrected chi connectivity index (χ0v) is 12.8. The molecule has 1 saturated carbocycles. The van der Waals surface area contributed by atoms with E-state index in [9.17, 15) is 0 Å². The molecule has 1 N–H and O–H groups in total. The Kier molecular flexibility index (Phi) is 5.95. The summed E-state index contributed by atoms with van der Waals surface area (Å²) in [5.74, 6) is 2.19. The fourth-order valence-corrected chi connectivity index (χ4v) is 2.18. The molecule has 1 aliphatic carbocycles. The second-order valence-corrected chi connectivity index (χ2v) is 5.46. The molecule has 0 aromatic heterocycles. The fourth-order valence-electron chi connectivity index (χ4n) is 1.95. The Hall–Kier alpha value is -0.970. The van der Waals surface area contributed by atoms with Gasteiger partial charge in [0.2, 0.25) is 0 Å². The maximum Gasteiger partial charge on any atom is 0.165 e. The molecule has 1 aromatic rings. The Bertz CT molecular complexity index is 435. The minimum atomic E-state index is 0.657. The van der Waals surface area contributed by atoms with Crippen molar-refractivity contribution in [3.05, 3.63) is 22.7 Å². The Labute approximate surface area is 125 Å². The molecule has 1 fully saturated rings. The van der Waals surface area contributed by atoms with Crippen LogP contribution in [0.4, 0.5) is 0 Å². The lowest BCUT2D eigenvalue weighted by molar-refractivity contribution is 0.199. The standard InChI is InChI=1S/C15H22ClNO3/c1-18-6-5-17-9-12-7-13(16)8-14(19-2)15(12)20-10-11-3-4-11/h7-8,11,17H,3-6,9-10H2,1-2H3. The predicted molar refractivity (Wildman–Crippen MR) is 79.8 cm³/mol. The summed E-state index contributed by atoms with van der Waals surface area (Å²) in [6.07, 6.45) is 2.52. The van der Waals surface area contributed by atoms with Gasteiger partial charge in [0, 0.05) is 36.9 Å². The zero-order chi connectivity index (χ0) is 14.4. The largest absolute Gasteiger partial charge is 0.493 e. The molecule has 112 valence electrons. The normalized spacial score (nSPS) is 14.3. The molecular formula is C15H22ClNO3. The van der Waals surface area contributed by atoms with Gasteiger partial charge in [0.25, 0.3) is 0 Å². The van der Waals surface area contributed by atoms with Crippen LogP contribution < -0.4 is 14.8 Å². The first-order valence-electron chi connectivity index (χ1n) is 6.93. The number of methoxy groups -OCH3 is 2. The van der Waals surface area contributed by atoms with Crippen molar-refractivity contribution < 1.29 is 14.2 Å². The molecule has 0 atom stereocenters. The number of benzene rings is 1. The third-order valence-corrected chi connectivity index (χ3v) is 3.49. The van der Waals surface area contributed by atoms with Crippen molar-refractivity contribution in [1.82, 2.24) is 5.32 Å². The van der Waals surface area contributed by atoms with E-state index in [1.165, 1.54) is 12.8 Å². The second-order valence-electron chi connectivity index (χ2n) is 5.02. The van der Waals surface area contributed by atoms with Crippen LogP contribution in [0.15, 0.2) is 12.1 Å². The van der Waals surface area contributed by atoms with Crippen LogP contribution in [-0.2, 0) is 11.3 Å². The van der Waals surface area contributed by atoms with Gasteiger partial charge in [-0.05, 0) is 24.8 Å². The SMILES string of the molecule is COCCNCc1cc(Cl)cc(OC)c1OCC1CC1. The first kappa shape index (κ1) is 15.4. The topological polar surface area (TPSA) is 39.7 Å². The van der Waals surface area contributed by atoms with Gasteiger partial charge < -0.3 is 19.5 Å². The van der Waals surface area contributed by atoms with Crippen LogP contribution in [0.25, 0.3) is 0 Å². The number of rotatable bonds is 9. The third kappa shape index (κ3) is 4.54. The molecular weight excluding hydrogens is 278 g/mol. The Morgan fingerprint density at radius 2 is 2.10 bits per heavy atom. The second kappa shape index (κ2) is 7.72. The number of hydrogen-bond donors (Lipinski definition) is 1. The van der Waals surface area contributed by atoms with Gasteiger partial charge in [0.1, 0.15) is 0 Å². The van der Waals surface area contributed by atoms with Gasteiger partial charge in [0.05, 0.1) is 20.3 Å². The average Bonchev–Trinajstić information content (AvgIpc) is 3.26. The van der Waals surface area contributed by atoms with Gasteiger partial charge in [-0.2, -0.15) is 0 Å². The van der Waals surface area contributed by atoms with Crippen LogP contribution in [0.5, 0.6) is 11.5 Å². The van der Waals surface area contributed by atoms with E-state index in [1.807, 2.05) is 6.07 Å². The van der Waals surface area contributed by atoms with Crippen molar-refractivity contribution in [3.8, 4) is 11.5 Å². The molecule has 0 amide bonds. The molecule has 0 bridgehead atoms. The summed E-state index contributed by atoms with van der Waals surface area (Å²) in [6.45, 7) is 2.90. The quantitative estimate of drug-likeness (QED) is 0.712. The minimum absolute atomic E-state index is 0.657. The van der Waals surface area contributed by atoms with E-state index in [0.717, 1.165) is 24.5 Å². The molecule has 4 nitrogen and oxygen atoms in total. The zero-order valence-electron chi connectivity index (χ0n) is 12.1. The van der Waals surface area contributed by atoms with E-state index in [2.05, 4.69) is 5.32 Å². The summed E-state index contributed by atoms with van der Waals surface area (Å²) < 4.78 is 16.3. The predicted octanol–water partition coefficient (Wildman–Crippen LogP) is 2.87. The van der Waals surface area contributed by atoms with Crippen LogP contribution in [0, 0.1) is 5.92 Å². The summed E-state index contributed by atoms with van der Waals surface area (Å²) in [6, 6.07) is 3.72. The Morgan fingerprint density at radius 1 is 1.30 bits per heavy atom. The van der Waals surface area contributed by atoms with E-state index in [1.54, 1.807) is 20.3 Å². The molecule has 2 rings (SSSR count). The van der Waals surface area contributed by atoms with Crippen molar-refractivity contribution in [3.63, 3.8) is 0 Å². The molecule has 20 heavy (non-hydrogen) atoms. The molecule has 0 unspecified atom stereocenters. The lowest BCUT2D eigenvalue weighted by atomic mass is 10.1. The van der Waals surface area contributed by atoms with Gasteiger partial charge in [-0.1, -0.05) is 11.6 Å². The lowest BCUT2D eigenvalue weighted by Gasteiger charge is -2.16. The van der Waals surface area contributed by atoms with E-state index in [-0.39, 0.29) is 0 Å². The highest BCUT2D eigenvalue weighted by Gasteiger charge is 2.23. The highest BCUT2D eigenvalue weighted by Crippen LogP contribution is 2.37. The molecule has 0 heterocycles. The molecule has 0 saturated heterocycles. The van der Waals surface area contributed by atoms with Gasteiger partial charge in [-0.25, -0.2) is 0 Å². The lowest BCUT2D eigenvalue weighted by Crippen LogP contribution is -2.19. The maximum absolute atomic E-state index is 6.13. The average molecular weight is 300 g/mol. The van der Waals surface area contributed by atoms with Gasteiger partial charge >= 0.3 is 0 Å². The maximum atomic E-state index is 6.13. The minimum Gasteiger partial charge on any atom is -0.493 e. The van der Waals surface area contributed by atoms with Crippen molar-refractivity contribution in [1.29, 1.82) is 0 Å². The highest BCUT2D eigenvalue weighted by molar-refractivity contribution is 6.30. The van der Waals surface area contributed by atoms with E-state index in [0.29, 0.717) is 29.8 Å². The van der Waals surface area contributed by atoms with Crippen LogP contribution in [0.2, 0.25) is 5.02 Å². The number of halogens is 1. The van der Waals surface area contributed by atoms with Crippen molar-refractivity contribution in [2.45, 2.75) is 19.4 Å². The third-order valence-electron chi connectivity index (χ3n) is 3.28. The molecule has 0 radical (unpaired) electrons. The first-order valence-corrected chi connectivity index (χ1v) is 7.31. The summed E-state index contributed by atoms with van der Waals surface area (Å²) in [5, 5.41) is 3.96. The number of hydrogen-bond acceptors (Lipinski definition) is 4. The van der Waals surface area contributed by atoms with Crippen molar-refractivity contribution in [2.75, 3.05) is 34.0 Å². The van der Waals surface area contributed by atoms with Gasteiger partial charge in [-0.3, -0.25) is 0 Å². The van der Waals surface area contributed by atoms with Crippen LogP contribution >= 0.6 is 11.6 Å². The van der Waals surface area contributed by atoms with Crippen molar-refractivity contribution in [2.24, 2.45) is 5.92 Å². The Balaban J connectivity index is 2.06. The molecule has 5 heteroatoms. The number of nitrogens with one attached hydrogen (secondary N) is 1. The monoisotopic (exact) mass is 299 g/mol. The van der Waals surface area contributed by atoms with Crippen LogP contribution in [0.1, 0.15) is 18.4 Å². The Morgan fingerprint density at radius 3 is 2.75 bits per heavy atom. The highest BCUT2D eigenvalue weighted by atomic mass is 35.5. The summed E-state index contributed by atoms with van der Waals surface area (Å²) >= 11 is 6.13. The van der Waals surface area contributed by atoms with Gasteiger partial charge in [-0.15, -0.1) is 0 Å². The van der Waals surface area contributed by atoms with E-state index >= 15 is 0 Å². The van der Waals surface area contributed by atoms with Crippen LogP contribution in [0.3, 0.4) is 0 Å². The summed E-state index contributed by atoms with van der Waals surface area (Å²) in [7, 11) is 3.33. The van der Waals surface area contributed by atoms with Gasteiger partial charge in [0.15, 0.2) is 11.5 Å². The molecule has 1 aromatic carbocycles. The smallest absolute Gasteiger partial charge is 0.165 e. The molecule has 0 spiro atoms. The molecule has 1 aliphatic rings. The van der Waals surface area contributed by atoms with Crippen LogP contribution in [-0.4, -0.2) is 34.0 Å². The van der Waals surface area contributed by atoms with Crippen molar-refractivity contribution >= 4 is 11.6 Å². The number of ether oxygens (including phenoxy) is 3. The van der Waals surface area contributed by atoms with E-state index in [4.69, 9.17) is 25.8 Å². The first-order chi connectivity index (χ1) is 9.74. The summed E-state index contributed by atoms with van der Waals surface area (Å²) in [4.78, 5) is 0.